The van der Waals surface area contributed by atoms with Gasteiger partial charge >= 0.3 is 0 Å². The number of hydrogen-bond acceptors (Lipinski definition) is 3. The van der Waals surface area contributed by atoms with E-state index < -0.39 is 5.60 Å². The van der Waals surface area contributed by atoms with Crippen LogP contribution in [0.4, 0.5) is 0 Å². The second-order valence-electron chi connectivity index (χ2n) is 5.90. The van der Waals surface area contributed by atoms with Crippen LogP contribution in [0, 0.1) is 0 Å². The summed E-state index contributed by atoms with van der Waals surface area (Å²) >= 11 is 0. The van der Waals surface area contributed by atoms with Crippen LogP contribution in [0.5, 0.6) is 5.75 Å². The van der Waals surface area contributed by atoms with E-state index in [1.54, 1.807) is 13.8 Å². The molecule has 0 aliphatic heterocycles. The maximum Gasteiger partial charge on any atom is 0.131 e. The number of benzene rings is 2. The first-order chi connectivity index (χ1) is 9.38. The van der Waals surface area contributed by atoms with Gasteiger partial charge in [0.2, 0.25) is 0 Å². The molecule has 0 heterocycles. The molecule has 3 heteroatoms. The van der Waals surface area contributed by atoms with E-state index in [4.69, 9.17) is 10.5 Å². The van der Waals surface area contributed by atoms with Crippen LogP contribution in [0.1, 0.15) is 38.8 Å². The molecule has 0 aliphatic rings. The quantitative estimate of drug-likeness (QED) is 0.878. The number of ether oxygens (including phenoxy) is 1. The molecule has 0 aliphatic carbocycles. The van der Waals surface area contributed by atoms with Crippen LogP contribution in [0.3, 0.4) is 0 Å². The fourth-order valence-electron chi connectivity index (χ4n) is 2.18. The van der Waals surface area contributed by atoms with Gasteiger partial charge in [-0.15, -0.1) is 0 Å². The van der Waals surface area contributed by atoms with Crippen molar-refractivity contribution in [2.24, 2.45) is 5.73 Å². The summed E-state index contributed by atoms with van der Waals surface area (Å²) in [5, 5.41) is 12.0. The maximum absolute atomic E-state index is 9.78. The van der Waals surface area contributed by atoms with Gasteiger partial charge in [-0.1, -0.05) is 36.4 Å². The first-order valence-electron chi connectivity index (χ1n) is 7.01. The zero-order valence-corrected chi connectivity index (χ0v) is 12.4. The van der Waals surface area contributed by atoms with Crippen LogP contribution in [0.25, 0.3) is 10.8 Å². The van der Waals surface area contributed by atoms with Gasteiger partial charge in [-0.2, -0.15) is 0 Å². The predicted molar refractivity (Wildman–Crippen MR) is 83.0 cm³/mol. The van der Waals surface area contributed by atoms with E-state index in [0.717, 1.165) is 22.1 Å². The Morgan fingerprint density at radius 1 is 1.20 bits per heavy atom. The van der Waals surface area contributed by atoms with E-state index in [1.165, 1.54) is 0 Å². The van der Waals surface area contributed by atoms with Gasteiger partial charge in [0.25, 0.3) is 0 Å². The van der Waals surface area contributed by atoms with Crippen LogP contribution < -0.4 is 10.5 Å². The molecule has 3 nitrogen and oxygen atoms in total. The predicted octanol–water partition coefficient (Wildman–Crippen LogP) is 3.40. The molecule has 0 amide bonds. The SMILES string of the molecule is C[C@@H](N)c1ccc2ccccc2c1OCCC(C)(C)O. The molecule has 0 aromatic heterocycles. The zero-order valence-electron chi connectivity index (χ0n) is 12.4. The molecular formula is C17H23NO2. The van der Waals surface area contributed by atoms with Crippen molar-refractivity contribution in [3.05, 3.63) is 42.0 Å². The zero-order chi connectivity index (χ0) is 14.8. The smallest absolute Gasteiger partial charge is 0.131 e. The third kappa shape index (κ3) is 3.50. The molecule has 0 unspecified atom stereocenters. The molecule has 2 aromatic rings. The Kier molecular flexibility index (Phi) is 4.31. The van der Waals surface area contributed by atoms with Crippen molar-refractivity contribution in [1.29, 1.82) is 0 Å². The summed E-state index contributed by atoms with van der Waals surface area (Å²) in [5.41, 5.74) is 6.31. The normalized spacial score (nSPS) is 13.4. The summed E-state index contributed by atoms with van der Waals surface area (Å²) in [5.74, 6) is 0.836. The highest BCUT2D eigenvalue weighted by molar-refractivity contribution is 5.89. The standard InChI is InChI=1S/C17H23NO2/c1-12(18)14-9-8-13-6-4-5-7-15(13)16(14)20-11-10-17(2,3)19/h4-9,12,19H,10-11,18H2,1-3H3/t12-/m1/s1. The van der Waals surface area contributed by atoms with Crippen molar-refractivity contribution in [2.45, 2.75) is 38.8 Å². The van der Waals surface area contributed by atoms with Crippen molar-refractivity contribution in [3.8, 4) is 5.75 Å². The Morgan fingerprint density at radius 2 is 1.90 bits per heavy atom. The van der Waals surface area contributed by atoms with Crippen LogP contribution >= 0.6 is 0 Å². The number of hydrogen-bond donors (Lipinski definition) is 2. The van der Waals surface area contributed by atoms with Crippen molar-refractivity contribution in [3.63, 3.8) is 0 Å². The minimum absolute atomic E-state index is 0.0863. The van der Waals surface area contributed by atoms with Gasteiger partial charge in [-0.3, -0.25) is 0 Å². The van der Waals surface area contributed by atoms with Gasteiger partial charge in [0.15, 0.2) is 0 Å². The second kappa shape index (κ2) is 5.81. The lowest BCUT2D eigenvalue weighted by atomic mass is 10.0. The number of rotatable bonds is 5. The fraction of sp³-hybridized carbons (Fsp3) is 0.412. The molecule has 0 spiro atoms. The van der Waals surface area contributed by atoms with Gasteiger partial charge in [-0.05, 0) is 26.2 Å². The third-order valence-corrected chi connectivity index (χ3v) is 3.36. The largest absolute Gasteiger partial charge is 0.492 e. The van der Waals surface area contributed by atoms with E-state index >= 15 is 0 Å². The topological polar surface area (TPSA) is 55.5 Å². The number of nitrogens with two attached hydrogens (primary N) is 1. The van der Waals surface area contributed by atoms with E-state index in [2.05, 4.69) is 12.1 Å². The molecular weight excluding hydrogens is 250 g/mol. The van der Waals surface area contributed by atoms with Crippen LogP contribution in [0.2, 0.25) is 0 Å². The molecule has 2 aromatic carbocycles. The van der Waals surface area contributed by atoms with Gasteiger partial charge < -0.3 is 15.6 Å². The van der Waals surface area contributed by atoms with Crippen molar-refractivity contribution >= 4 is 10.8 Å². The first-order valence-corrected chi connectivity index (χ1v) is 7.01. The molecule has 3 N–H and O–H groups in total. The molecule has 2 rings (SSSR count). The van der Waals surface area contributed by atoms with E-state index in [0.29, 0.717) is 13.0 Å². The van der Waals surface area contributed by atoms with Crippen molar-refractivity contribution < 1.29 is 9.84 Å². The van der Waals surface area contributed by atoms with Gasteiger partial charge in [-0.25, -0.2) is 0 Å². The lowest BCUT2D eigenvalue weighted by Crippen LogP contribution is -2.22. The average molecular weight is 273 g/mol. The highest BCUT2D eigenvalue weighted by Crippen LogP contribution is 2.33. The van der Waals surface area contributed by atoms with Crippen LogP contribution in [-0.4, -0.2) is 17.3 Å². The highest BCUT2D eigenvalue weighted by atomic mass is 16.5. The monoisotopic (exact) mass is 273 g/mol. The van der Waals surface area contributed by atoms with Gasteiger partial charge in [0.05, 0.1) is 12.2 Å². The minimum Gasteiger partial charge on any atom is -0.492 e. The molecule has 0 fully saturated rings. The lowest BCUT2D eigenvalue weighted by molar-refractivity contribution is 0.0554. The molecule has 0 saturated carbocycles. The molecule has 0 saturated heterocycles. The van der Waals surface area contributed by atoms with E-state index in [9.17, 15) is 5.11 Å². The minimum atomic E-state index is -0.723. The summed E-state index contributed by atoms with van der Waals surface area (Å²) in [6.45, 7) is 5.99. The van der Waals surface area contributed by atoms with Gasteiger partial charge in [0.1, 0.15) is 5.75 Å². The van der Waals surface area contributed by atoms with E-state index in [1.807, 2.05) is 31.2 Å². The summed E-state index contributed by atoms with van der Waals surface area (Å²) in [6.07, 6.45) is 0.578. The molecule has 1 atom stereocenters. The summed E-state index contributed by atoms with van der Waals surface area (Å²) in [7, 11) is 0. The Balaban J connectivity index is 2.35. The van der Waals surface area contributed by atoms with Crippen LogP contribution in [-0.2, 0) is 0 Å². The van der Waals surface area contributed by atoms with E-state index in [-0.39, 0.29) is 6.04 Å². The molecule has 20 heavy (non-hydrogen) atoms. The lowest BCUT2D eigenvalue weighted by Gasteiger charge is -2.20. The molecule has 108 valence electrons. The Morgan fingerprint density at radius 3 is 2.55 bits per heavy atom. The fourth-order valence-corrected chi connectivity index (χ4v) is 2.18. The van der Waals surface area contributed by atoms with Crippen molar-refractivity contribution in [2.75, 3.05) is 6.61 Å². The molecule has 0 radical (unpaired) electrons. The second-order valence-corrected chi connectivity index (χ2v) is 5.90. The first kappa shape index (κ1) is 14.8. The summed E-state index contributed by atoms with van der Waals surface area (Å²) in [6, 6.07) is 12.1. The van der Waals surface area contributed by atoms with Gasteiger partial charge in [0, 0.05) is 23.4 Å². The van der Waals surface area contributed by atoms with Crippen LogP contribution in [0.15, 0.2) is 36.4 Å². The maximum atomic E-state index is 9.78. The average Bonchev–Trinajstić information content (AvgIpc) is 2.37. The number of fused-ring (bicyclic) bond motifs is 1. The van der Waals surface area contributed by atoms with Crippen molar-refractivity contribution in [1.82, 2.24) is 0 Å². The summed E-state index contributed by atoms with van der Waals surface area (Å²) in [4.78, 5) is 0. The Bertz CT molecular complexity index is 585. The summed E-state index contributed by atoms with van der Waals surface area (Å²) < 4.78 is 5.95. The molecule has 0 bridgehead atoms. The third-order valence-electron chi connectivity index (χ3n) is 3.36. The Hall–Kier alpha value is -1.58. The number of aliphatic hydroxyl groups is 1. The Labute approximate surface area is 120 Å². The highest BCUT2D eigenvalue weighted by Gasteiger charge is 2.15.